The second-order valence-electron chi connectivity index (χ2n) is 7.40. The van der Waals surface area contributed by atoms with E-state index in [1.54, 1.807) is 38.1 Å². The number of carbonyl (C=O) groups excluding carboxylic acids is 1. The Morgan fingerprint density at radius 1 is 1.16 bits per heavy atom. The summed E-state index contributed by atoms with van der Waals surface area (Å²) < 4.78 is 21.3. The molecule has 0 bridgehead atoms. The molecule has 2 aromatic carbocycles. The van der Waals surface area contributed by atoms with Gasteiger partial charge in [-0.05, 0) is 29.8 Å². The number of carboxylic acids is 1. The molecule has 0 aliphatic carbocycles. The van der Waals surface area contributed by atoms with E-state index in [-0.39, 0.29) is 18.3 Å². The predicted molar refractivity (Wildman–Crippen MR) is 111 cm³/mol. The largest absolute Gasteiger partial charge is 0.504 e. The van der Waals surface area contributed by atoms with Gasteiger partial charge in [0.25, 0.3) is 0 Å². The molecule has 9 nitrogen and oxygen atoms in total. The summed E-state index contributed by atoms with van der Waals surface area (Å²) in [5, 5.41) is 21.8. The molecule has 0 saturated heterocycles. The van der Waals surface area contributed by atoms with Gasteiger partial charge in [-0.15, -0.1) is 0 Å². The summed E-state index contributed by atoms with van der Waals surface area (Å²) in [5.74, 6) is 0.0628. The lowest BCUT2D eigenvalue weighted by Gasteiger charge is -2.31. The standard InChI is InChI=1S/C22H23NO8/c1-22(2,9-8-19(25)26)20(13-4-6-16(28-3)15(24)10-13)31-21(27)23-14-5-7-17-18(11-14)30-12-29-17/h4-11,20,24H,12H2,1-3H3,(H,23,27)(H,25,26)/b9-8+/t20-/m0/s1. The van der Waals surface area contributed by atoms with Crippen molar-refractivity contribution in [3.8, 4) is 23.0 Å². The lowest BCUT2D eigenvalue weighted by molar-refractivity contribution is -0.131. The maximum absolute atomic E-state index is 12.7. The Morgan fingerprint density at radius 2 is 1.90 bits per heavy atom. The van der Waals surface area contributed by atoms with Gasteiger partial charge in [0.15, 0.2) is 23.0 Å². The number of aromatic hydroxyl groups is 1. The summed E-state index contributed by atoms with van der Waals surface area (Å²) in [6.45, 7) is 3.54. The topological polar surface area (TPSA) is 124 Å². The fourth-order valence-electron chi connectivity index (χ4n) is 3.12. The van der Waals surface area contributed by atoms with Crippen molar-refractivity contribution in [3.63, 3.8) is 0 Å². The fraction of sp³-hybridized carbons (Fsp3) is 0.273. The number of hydrogen-bond acceptors (Lipinski definition) is 7. The summed E-state index contributed by atoms with van der Waals surface area (Å²) >= 11 is 0. The average molecular weight is 429 g/mol. The first-order chi connectivity index (χ1) is 14.7. The number of fused-ring (bicyclic) bond motifs is 1. The number of benzene rings is 2. The van der Waals surface area contributed by atoms with Gasteiger partial charge in [0, 0.05) is 23.2 Å². The van der Waals surface area contributed by atoms with Gasteiger partial charge in [-0.2, -0.15) is 0 Å². The molecule has 3 N–H and O–H groups in total. The second-order valence-corrected chi connectivity index (χ2v) is 7.40. The van der Waals surface area contributed by atoms with Gasteiger partial charge in [-0.3, -0.25) is 5.32 Å². The summed E-state index contributed by atoms with van der Waals surface area (Å²) in [6, 6.07) is 9.48. The molecule has 2 aromatic rings. The van der Waals surface area contributed by atoms with Gasteiger partial charge in [0.1, 0.15) is 6.10 Å². The molecule has 1 aliphatic rings. The zero-order chi connectivity index (χ0) is 22.6. The lowest BCUT2D eigenvalue weighted by atomic mass is 9.82. The van der Waals surface area contributed by atoms with E-state index in [9.17, 15) is 14.7 Å². The van der Waals surface area contributed by atoms with Crippen molar-refractivity contribution < 1.29 is 38.7 Å². The highest BCUT2D eigenvalue weighted by molar-refractivity contribution is 5.85. The third kappa shape index (κ3) is 5.19. The number of carbonyl (C=O) groups is 2. The Kier molecular flexibility index (Phi) is 6.24. The number of hydrogen-bond donors (Lipinski definition) is 3. The van der Waals surface area contributed by atoms with Crippen LogP contribution in [0.15, 0.2) is 48.6 Å². The molecule has 31 heavy (non-hydrogen) atoms. The molecule has 0 fully saturated rings. The SMILES string of the molecule is COc1ccc([C@H](OC(=O)Nc2ccc3c(c2)OCO3)C(C)(C)/C=C/C(=O)O)cc1O. The Bertz CT molecular complexity index is 1010. The number of nitrogens with one attached hydrogen (secondary N) is 1. The third-order valence-electron chi connectivity index (χ3n) is 4.68. The van der Waals surface area contributed by atoms with Crippen molar-refractivity contribution in [1.29, 1.82) is 0 Å². The van der Waals surface area contributed by atoms with E-state index in [1.807, 2.05) is 0 Å². The average Bonchev–Trinajstić information content (AvgIpc) is 3.18. The zero-order valence-electron chi connectivity index (χ0n) is 17.2. The Balaban J connectivity index is 1.86. The van der Waals surface area contributed by atoms with Gasteiger partial charge in [-0.1, -0.05) is 26.0 Å². The van der Waals surface area contributed by atoms with Crippen LogP contribution in [0.1, 0.15) is 25.5 Å². The minimum atomic E-state index is -1.13. The maximum atomic E-state index is 12.7. The lowest BCUT2D eigenvalue weighted by Crippen LogP contribution is -2.27. The van der Waals surface area contributed by atoms with E-state index >= 15 is 0 Å². The Morgan fingerprint density at radius 3 is 2.58 bits per heavy atom. The fourth-order valence-corrected chi connectivity index (χ4v) is 3.12. The summed E-state index contributed by atoms with van der Waals surface area (Å²) in [5.41, 5.74) is -0.0327. The van der Waals surface area contributed by atoms with Crippen molar-refractivity contribution in [2.45, 2.75) is 20.0 Å². The van der Waals surface area contributed by atoms with E-state index in [4.69, 9.17) is 24.1 Å². The smallest absolute Gasteiger partial charge is 0.412 e. The second kappa shape index (κ2) is 8.86. The number of phenols is 1. The predicted octanol–water partition coefficient (Wildman–Crippen LogP) is 4.09. The van der Waals surface area contributed by atoms with Gasteiger partial charge < -0.3 is 29.2 Å². The number of anilines is 1. The summed E-state index contributed by atoms with van der Waals surface area (Å²) in [7, 11) is 1.42. The molecule has 1 atom stereocenters. The molecule has 1 amide bonds. The molecular weight excluding hydrogens is 406 g/mol. The molecule has 1 heterocycles. The van der Waals surface area contributed by atoms with Gasteiger partial charge in [0.2, 0.25) is 6.79 Å². The van der Waals surface area contributed by atoms with Crippen molar-refractivity contribution in [3.05, 3.63) is 54.1 Å². The van der Waals surface area contributed by atoms with Crippen LogP contribution in [-0.4, -0.2) is 36.2 Å². The van der Waals surface area contributed by atoms with E-state index in [2.05, 4.69) is 5.32 Å². The molecule has 1 aliphatic heterocycles. The van der Waals surface area contributed by atoms with Crippen LogP contribution in [-0.2, 0) is 9.53 Å². The quantitative estimate of drug-likeness (QED) is 0.563. The first kappa shape index (κ1) is 21.8. The molecular formula is C22H23NO8. The zero-order valence-corrected chi connectivity index (χ0v) is 17.2. The van der Waals surface area contributed by atoms with Crippen molar-refractivity contribution in [2.75, 3.05) is 19.2 Å². The van der Waals surface area contributed by atoms with E-state index in [0.717, 1.165) is 6.08 Å². The third-order valence-corrected chi connectivity index (χ3v) is 4.68. The van der Waals surface area contributed by atoms with E-state index in [1.165, 1.54) is 25.3 Å². The van der Waals surface area contributed by atoms with Crippen LogP contribution in [0.3, 0.4) is 0 Å². The van der Waals surface area contributed by atoms with Crippen LogP contribution >= 0.6 is 0 Å². The number of methoxy groups -OCH3 is 1. The number of rotatable bonds is 7. The minimum absolute atomic E-state index is 0.108. The van der Waals surface area contributed by atoms with E-state index in [0.29, 0.717) is 22.7 Å². The van der Waals surface area contributed by atoms with Crippen molar-refractivity contribution >= 4 is 17.7 Å². The van der Waals surface area contributed by atoms with E-state index < -0.39 is 23.6 Å². The molecule has 0 spiro atoms. The normalized spacial score (nSPS) is 13.6. The Labute approximate surface area is 178 Å². The van der Waals surface area contributed by atoms with Gasteiger partial charge >= 0.3 is 12.1 Å². The molecule has 0 saturated carbocycles. The highest BCUT2D eigenvalue weighted by atomic mass is 16.7. The number of aliphatic carboxylic acids is 1. The number of ether oxygens (including phenoxy) is 4. The molecule has 9 heteroatoms. The molecule has 164 valence electrons. The highest BCUT2D eigenvalue weighted by Crippen LogP contribution is 2.41. The molecule has 0 aromatic heterocycles. The van der Waals surface area contributed by atoms with Crippen molar-refractivity contribution in [2.24, 2.45) is 5.41 Å². The first-order valence-electron chi connectivity index (χ1n) is 9.36. The van der Waals surface area contributed by atoms with Gasteiger partial charge in [0.05, 0.1) is 7.11 Å². The van der Waals surface area contributed by atoms with Crippen LogP contribution < -0.4 is 19.5 Å². The maximum Gasteiger partial charge on any atom is 0.412 e. The van der Waals surface area contributed by atoms with Gasteiger partial charge in [-0.25, -0.2) is 9.59 Å². The van der Waals surface area contributed by atoms with Crippen LogP contribution in [0.4, 0.5) is 10.5 Å². The summed E-state index contributed by atoms with van der Waals surface area (Å²) in [4.78, 5) is 23.7. The van der Waals surface area contributed by atoms with Crippen LogP contribution in [0.5, 0.6) is 23.0 Å². The van der Waals surface area contributed by atoms with Crippen LogP contribution in [0.25, 0.3) is 0 Å². The molecule has 0 radical (unpaired) electrons. The number of phenolic OH excluding ortho intramolecular Hbond substituents is 1. The number of amides is 1. The summed E-state index contributed by atoms with van der Waals surface area (Å²) in [6.07, 6.45) is 0.717. The molecule has 0 unspecified atom stereocenters. The monoisotopic (exact) mass is 429 g/mol. The van der Waals surface area contributed by atoms with Crippen LogP contribution in [0.2, 0.25) is 0 Å². The highest BCUT2D eigenvalue weighted by Gasteiger charge is 2.33. The molecule has 3 rings (SSSR count). The minimum Gasteiger partial charge on any atom is -0.504 e. The Hall–Kier alpha value is -3.88. The van der Waals surface area contributed by atoms with Crippen molar-refractivity contribution in [1.82, 2.24) is 0 Å². The first-order valence-corrected chi connectivity index (χ1v) is 9.36. The number of carboxylic acid groups (broad SMARTS) is 1. The van der Waals surface area contributed by atoms with Crippen LogP contribution in [0, 0.1) is 5.41 Å².